The largest absolute Gasteiger partial charge is 0.479 e. The van der Waals surface area contributed by atoms with Crippen LogP contribution in [0, 0.1) is 13.8 Å². The molecule has 0 saturated carbocycles. The van der Waals surface area contributed by atoms with Crippen LogP contribution in [-0.2, 0) is 21.4 Å². The van der Waals surface area contributed by atoms with Gasteiger partial charge in [0.25, 0.3) is 5.91 Å². The smallest absolute Gasteiger partial charge is 0.330 e. The van der Waals surface area contributed by atoms with E-state index in [-0.39, 0.29) is 18.1 Å². The van der Waals surface area contributed by atoms with E-state index in [2.05, 4.69) is 10.0 Å². The van der Waals surface area contributed by atoms with Crippen molar-refractivity contribution >= 4 is 21.9 Å². The van der Waals surface area contributed by atoms with Crippen LogP contribution in [0.25, 0.3) is 0 Å². The number of carboxylic acid groups (broad SMARTS) is 1. The van der Waals surface area contributed by atoms with Gasteiger partial charge in [-0.25, -0.2) is 17.9 Å². The first-order valence-electron chi connectivity index (χ1n) is 7.71. The van der Waals surface area contributed by atoms with E-state index in [0.29, 0.717) is 5.56 Å². The number of aryl methyl sites for hydroxylation is 1. The minimum absolute atomic E-state index is 0.105. The Morgan fingerprint density at radius 1 is 1.19 bits per heavy atom. The van der Waals surface area contributed by atoms with Gasteiger partial charge < -0.3 is 14.8 Å². The topological polar surface area (TPSA) is 126 Å². The number of nitrogens with one attached hydrogen (secondary N) is 2. The molecule has 1 heterocycles. The van der Waals surface area contributed by atoms with E-state index in [1.54, 1.807) is 19.1 Å². The fourth-order valence-electron chi connectivity index (χ4n) is 2.36. The van der Waals surface area contributed by atoms with Crippen molar-refractivity contribution in [3.63, 3.8) is 0 Å². The number of carbonyl (C=O) groups is 2. The molecule has 0 spiro atoms. The zero-order valence-corrected chi connectivity index (χ0v) is 15.4. The maximum atomic E-state index is 12.3. The predicted octanol–water partition coefficient (Wildman–Crippen LogP) is 1.50. The number of hydrogen-bond donors (Lipinski definition) is 3. The van der Waals surface area contributed by atoms with Crippen LogP contribution < -0.4 is 10.0 Å². The van der Waals surface area contributed by atoms with Gasteiger partial charge in [0.2, 0.25) is 10.0 Å². The summed E-state index contributed by atoms with van der Waals surface area (Å²) in [6, 6.07) is 6.79. The van der Waals surface area contributed by atoms with Gasteiger partial charge in [-0.3, -0.25) is 4.79 Å². The van der Waals surface area contributed by atoms with E-state index >= 15 is 0 Å². The number of furan rings is 1. The maximum absolute atomic E-state index is 12.3. The molecular formula is C17H20N2O6S. The lowest BCUT2D eigenvalue weighted by Gasteiger charge is -2.17. The first-order valence-corrected chi connectivity index (χ1v) is 9.61. The van der Waals surface area contributed by atoms with Crippen LogP contribution in [0.5, 0.6) is 0 Å². The Labute approximate surface area is 151 Å². The second-order valence-corrected chi connectivity index (χ2v) is 7.73. The first-order chi connectivity index (χ1) is 12.1. The molecule has 2 aromatic rings. The number of carboxylic acids is 1. The van der Waals surface area contributed by atoms with Gasteiger partial charge in [0.05, 0.1) is 12.8 Å². The molecule has 8 nitrogen and oxygen atoms in total. The van der Waals surface area contributed by atoms with Gasteiger partial charge >= 0.3 is 5.97 Å². The fourth-order valence-corrected chi connectivity index (χ4v) is 2.76. The molecule has 0 radical (unpaired) electrons. The molecule has 26 heavy (non-hydrogen) atoms. The SMILES string of the molecule is Cc1cccc(C(NC(=O)c2ccc(CNS(C)(=O)=O)o2)C(=O)O)c1C. The third-order valence-corrected chi connectivity index (χ3v) is 4.54. The van der Waals surface area contributed by atoms with E-state index in [1.165, 1.54) is 12.1 Å². The molecule has 140 valence electrons. The predicted molar refractivity (Wildman–Crippen MR) is 94.2 cm³/mol. The number of rotatable bonds is 7. The van der Waals surface area contributed by atoms with Crippen LogP contribution in [0.3, 0.4) is 0 Å². The highest BCUT2D eigenvalue weighted by Gasteiger charge is 2.26. The van der Waals surface area contributed by atoms with Gasteiger partial charge in [-0.1, -0.05) is 18.2 Å². The second kappa shape index (κ2) is 7.71. The standard InChI is InChI=1S/C17H20N2O6S/c1-10-5-4-6-13(11(10)2)15(17(21)22)19-16(20)14-8-7-12(25-14)9-18-26(3,23)24/h4-8,15,18H,9H2,1-3H3,(H,19,20)(H,21,22). The molecule has 0 aliphatic rings. The van der Waals surface area contributed by atoms with Crippen LogP contribution in [0.4, 0.5) is 0 Å². The van der Waals surface area contributed by atoms with E-state index in [1.807, 2.05) is 13.0 Å². The van der Waals surface area contributed by atoms with E-state index in [9.17, 15) is 23.1 Å². The van der Waals surface area contributed by atoms with Gasteiger partial charge in [0.15, 0.2) is 11.8 Å². The average molecular weight is 380 g/mol. The average Bonchev–Trinajstić information content (AvgIpc) is 3.02. The van der Waals surface area contributed by atoms with Crippen molar-refractivity contribution in [1.29, 1.82) is 0 Å². The van der Waals surface area contributed by atoms with Gasteiger partial charge in [0.1, 0.15) is 5.76 Å². The molecule has 9 heteroatoms. The van der Waals surface area contributed by atoms with Crippen LogP contribution in [0.15, 0.2) is 34.7 Å². The van der Waals surface area contributed by atoms with Crippen molar-refractivity contribution in [2.45, 2.75) is 26.4 Å². The summed E-state index contributed by atoms with van der Waals surface area (Å²) >= 11 is 0. The zero-order chi connectivity index (χ0) is 19.5. The highest BCUT2D eigenvalue weighted by atomic mass is 32.2. The highest BCUT2D eigenvalue weighted by molar-refractivity contribution is 7.88. The monoisotopic (exact) mass is 380 g/mol. The van der Waals surface area contributed by atoms with Crippen molar-refractivity contribution in [3.8, 4) is 0 Å². The molecule has 1 atom stereocenters. The summed E-state index contributed by atoms with van der Waals surface area (Å²) in [4.78, 5) is 24.0. The second-order valence-electron chi connectivity index (χ2n) is 5.89. The number of sulfonamides is 1. The van der Waals surface area contributed by atoms with Crippen LogP contribution in [-0.4, -0.2) is 31.7 Å². The summed E-state index contributed by atoms with van der Waals surface area (Å²) in [6.45, 7) is 3.53. The third kappa shape index (κ3) is 4.93. The van der Waals surface area contributed by atoms with Crippen molar-refractivity contribution in [2.24, 2.45) is 0 Å². The van der Waals surface area contributed by atoms with E-state index in [0.717, 1.165) is 17.4 Å². The molecule has 3 N–H and O–H groups in total. The van der Waals surface area contributed by atoms with Crippen LogP contribution in [0.2, 0.25) is 0 Å². The van der Waals surface area contributed by atoms with Gasteiger partial charge in [-0.15, -0.1) is 0 Å². The zero-order valence-electron chi connectivity index (χ0n) is 14.6. The lowest BCUT2D eigenvalue weighted by molar-refractivity contribution is -0.139. The number of hydrogen-bond acceptors (Lipinski definition) is 5. The molecular weight excluding hydrogens is 360 g/mol. The Balaban J connectivity index is 2.17. The van der Waals surface area contributed by atoms with Crippen molar-refractivity contribution in [1.82, 2.24) is 10.0 Å². The normalized spacial score (nSPS) is 12.6. The quantitative estimate of drug-likeness (QED) is 0.668. The Morgan fingerprint density at radius 3 is 2.50 bits per heavy atom. The Hall–Kier alpha value is -2.65. The van der Waals surface area contributed by atoms with Crippen LogP contribution in [0.1, 0.15) is 39.0 Å². The molecule has 0 fully saturated rings. The van der Waals surface area contributed by atoms with Gasteiger partial charge in [-0.2, -0.15) is 0 Å². The number of benzene rings is 1. The molecule has 1 unspecified atom stereocenters. The maximum Gasteiger partial charge on any atom is 0.330 e. The van der Waals surface area contributed by atoms with Crippen molar-refractivity contribution in [3.05, 3.63) is 58.5 Å². The van der Waals surface area contributed by atoms with Crippen molar-refractivity contribution in [2.75, 3.05) is 6.26 Å². The van der Waals surface area contributed by atoms with Crippen LogP contribution >= 0.6 is 0 Å². The molecule has 0 saturated heterocycles. The molecule has 1 aromatic carbocycles. The fraction of sp³-hybridized carbons (Fsp3) is 0.294. The minimum atomic E-state index is -3.40. The van der Waals surface area contributed by atoms with E-state index < -0.39 is 27.9 Å². The molecule has 2 rings (SSSR count). The summed E-state index contributed by atoms with van der Waals surface area (Å²) < 4.78 is 29.7. The summed E-state index contributed by atoms with van der Waals surface area (Å²) in [5.41, 5.74) is 2.17. The number of aliphatic carboxylic acids is 1. The van der Waals surface area contributed by atoms with E-state index in [4.69, 9.17) is 4.42 Å². The molecule has 0 aliphatic carbocycles. The minimum Gasteiger partial charge on any atom is -0.479 e. The van der Waals surface area contributed by atoms with Gasteiger partial charge in [-0.05, 0) is 42.7 Å². The first kappa shape index (κ1) is 19.7. The summed E-state index contributed by atoms with van der Waals surface area (Å²) in [6.07, 6.45) is 1.01. The Bertz CT molecular complexity index is 932. The third-order valence-electron chi connectivity index (χ3n) is 3.87. The molecule has 0 aliphatic heterocycles. The number of carbonyl (C=O) groups excluding carboxylic acids is 1. The molecule has 0 bridgehead atoms. The number of amides is 1. The van der Waals surface area contributed by atoms with Crippen molar-refractivity contribution < 1.29 is 27.5 Å². The molecule has 1 amide bonds. The Morgan fingerprint density at radius 2 is 1.88 bits per heavy atom. The van der Waals surface area contributed by atoms with Gasteiger partial charge in [0, 0.05) is 0 Å². The lowest BCUT2D eigenvalue weighted by Crippen LogP contribution is -2.34. The Kier molecular flexibility index (Phi) is 5.83. The molecule has 1 aromatic heterocycles. The summed E-state index contributed by atoms with van der Waals surface area (Å²) in [7, 11) is -3.40. The summed E-state index contributed by atoms with van der Waals surface area (Å²) in [5.74, 6) is -1.77. The lowest BCUT2D eigenvalue weighted by atomic mass is 9.97. The summed E-state index contributed by atoms with van der Waals surface area (Å²) in [5, 5.41) is 11.9. The highest BCUT2D eigenvalue weighted by Crippen LogP contribution is 2.21.